The van der Waals surface area contributed by atoms with Gasteiger partial charge in [-0.3, -0.25) is 4.79 Å². The van der Waals surface area contributed by atoms with E-state index in [0.717, 1.165) is 12.8 Å². The predicted molar refractivity (Wildman–Crippen MR) is 74.5 cm³/mol. The molecular formula is C15H30O3. The van der Waals surface area contributed by atoms with E-state index in [4.69, 9.17) is 4.74 Å². The van der Waals surface area contributed by atoms with Crippen molar-refractivity contribution in [2.75, 3.05) is 6.61 Å². The molecule has 0 aromatic rings. The first-order chi connectivity index (χ1) is 8.70. The molecule has 0 amide bonds. The maximum absolute atomic E-state index is 11.1. The molecule has 0 bridgehead atoms. The van der Waals surface area contributed by atoms with Gasteiger partial charge in [0.1, 0.15) is 0 Å². The Morgan fingerprint density at radius 1 is 1.00 bits per heavy atom. The Kier molecular flexibility index (Phi) is 12.5. The maximum Gasteiger partial charge on any atom is 0.305 e. The first-order valence-electron chi connectivity index (χ1n) is 7.54. The third-order valence-electron chi connectivity index (χ3n) is 3.13. The van der Waals surface area contributed by atoms with Crippen LogP contribution in [-0.2, 0) is 9.53 Å². The topological polar surface area (TPSA) is 46.5 Å². The molecule has 0 aliphatic heterocycles. The predicted octanol–water partition coefficient (Wildman–Crippen LogP) is 3.83. The molecule has 18 heavy (non-hydrogen) atoms. The van der Waals surface area contributed by atoms with Crippen molar-refractivity contribution in [3.8, 4) is 0 Å². The number of aliphatic hydroxyl groups is 1. The number of hydrogen-bond donors (Lipinski definition) is 1. The van der Waals surface area contributed by atoms with Gasteiger partial charge in [-0.05, 0) is 19.8 Å². The lowest BCUT2D eigenvalue weighted by Gasteiger charge is -2.09. The number of ether oxygens (including phenoxy) is 1. The van der Waals surface area contributed by atoms with E-state index in [1.54, 1.807) is 6.92 Å². The third kappa shape index (κ3) is 11.9. The number of hydrogen-bond acceptors (Lipinski definition) is 3. The van der Waals surface area contributed by atoms with Crippen molar-refractivity contribution in [1.29, 1.82) is 0 Å². The molecule has 0 aromatic heterocycles. The summed E-state index contributed by atoms with van der Waals surface area (Å²) in [5.74, 6) is -0.198. The van der Waals surface area contributed by atoms with Crippen LogP contribution in [0.5, 0.6) is 0 Å². The summed E-state index contributed by atoms with van der Waals surface area (Å²) >= 11 is 0. The number of unbranched alkanes of at least 4 members (excludes halogenated alkanes) is 6. The molecule has 0 spiro atoms. The second-order valence-electron chi connectivity index (χ2n) is 4.91. The van der Waals surface area contributed by atoms with E-state index in [1.807, 2.05) is 0 Å². The lowest BCUT2D eigenvalue weighted by molar-refractivity contribution is -0.143. The summed E-state index contributed by atoms with van der Waals surface area (Å²) in [5.41, 5.74) is 0. The fourth-order valence-corrected chi connectivity index (χ4v) is 2.00. The molecule has 3 heteroatoms. The minimum atomic E-state index is -0.343. The Labute approximate surface area is 112 Å². The zero-order valence-electron chi connectivity index (χ0n) is 12.1. The lowest BCUT2D eigenvalue weighted by Crippen LogP contribution is -2.11. The van der Waals surface area contributed by atoms with Gasteiger partial charge < -0.3 is 9.84 Å². The normalized spacial score (nSPS) is 12.4. The van der Waals surface area contributed by atoms with Gasteiger partial charge in [0.05, 0.1) is 12.7 Å². The first-order valence-corrected chi connectivity index (χ1v) is 7.54. The van der Waals surface area contributed by atoms with Gasteiger partial charge >= 0.3 is 5.97 Å². The molecule has 1 atom stereocenters. The average molecular weight is 258 g/mol. The quantitative estimate of drug-likeness (QED) is 0.427. The van der Waals surface area contributed by atoms with Crippen LogP contribution in [0.3, 0.4) is 0 Å². The van der Waals surface area contributed by atoms with Gasteiger partial charge in [-0.25, -0.2) is 0 Å². The van der Waals surface area contributed by atoms with E-state index in [2.05, 4.69) is 6.92 Å². The minimum Gasteiger partial charge on any atom is -0.466 e. The van der Waals surface area contributed by atoms with Crippen LogP contribution in [-0.4, -0.2) is 23.8 Å². The summed E-state index contributed by atoms with van der Waals surface area (Å²) in [6.07, 6.45) is 10.1. The van der Waals surface area contributed by atoms with Gasteiger partial charge in [0.25, 0.3) is 0 Å². The highest BCUT2D eigenvalue weighted by Gasteiger charge is 2.08. The number of esters is 1. The van der Waals surface area contributed by atoms with Crippen LogP contribution in [0.2, 0.25) is 0 Å². The molecule has 108 valence electrons. The van der Waals surface area contributed by atoms with Crippen LogP contribution in [0.4, 0.5) is 0 Å². The van der Waals surface area contributed by atoms with E-state index in [9.17, 15) is 9.90 Å². The Balaban J connectivity index is 3.26. The van der Waals surface area contributed by atoms with E-state index < -0.39 is 0 Å². The van der Waals surface area contributed by atoms with E-state index in [0.29, 0.717) is 19.4 Å². The van der Waals surface area contributed by atoms with Crippen molar-refractivity contribution in [3.05, 3.63) is 0 Å². The van der Waals surface area contributed by atoms with E-state index >= 15 is 0 Å². The second-order valence-corrected chi connectivity index (χ2v) is 4.91. The number of carbonyl (C=O) groups is 1. The van der Waals surface area contributed by atoms with Crippen LogP contribution in [0, 0.1) is 0 Å². The van der Waals surface area contributed by atoms with Crippen LogP contribution in [0.15, 0.2) is 0 Å². The summed E-state index contributed by atoms with van der Waals surface area (Å²) in [6, 6.07) is 0. The Morgan fingerprint density at radius 2 is 1.61 bits per heavy atom. The number of carbonyl (C=O) groups excluding carboxylic acids is 1. The molecule has 1 N–H and O–H groups in total. The van der Waals surface area contributed by atoms with E-state index in [1.165, 1.54) is 38.5 Å². The van der Waals surface area contributed by atoms with Crippen molar-refractivity contribution in [2.45, 2.75) is 84.2 Å². The lowest BCUT2D eigenvalue weighted by atomic mass is 10.0. The third-order valence-corrected chi connectivity index (χ3v) is 3.13. The van der Waals surface area contributed by atoms with Crippen molar-refractivity contribution in [1.82, 2.24) is 0 Å². The van der Waals surface area contributed by atoms with Crippen molar-refractivity contribution >= 4 is 5.97 Å². The molecule has 0 aromatic carbocycles. The highest BCUT2D eigenvalue weighted by Crippen LogP contribution is 2.12. The summed E-state index contributed by atoms with van der Waals surface area (Å²) in [5, 5.41) is 9.70. The molecule has 0 fully saturated rings. The van der Waals surface area contributed by atoms with Gasteiger partial charge in [-0.15, -0.1) is 0 Å². The van der Waals surface area contributed by atoms with Crippen molar-refractivity contribution in [3.63, 3.8) is 0 Å². The Hall–Kier alpha value is -0.570. The second kappa shape index (κ2) is 12.9. The molecule has 1 unspecified atom stereocenters. The van der Waals surface area contributed by atoms with Gasteiger partial charge in [0.15, 0.2) is 0 Å². The summed E-state index contributed by atoms with van der Waals surface area (Å²) < 4.78 is 4.82. The average Bonchev–Trinajstić information content (AvgIpc) is 2.35. The maximum atomic E-state index is 11.1. The van der Waals surface area contributed by atoms with Crippen LogP contribution in [0.25, 0.3) is 0 Å². The monoisotopic (exact) mass is 258 g/mol. The molecular weight excluding hydrogens is 228 g/mol. The minimum absolute atomic E-state index is 0.198. The summed E-state index contributed by atoms with van der Waals surface area (Å²) in [6.45, 7) is 4.44. The molecule has 0 radical (unpaired) electrons. The molecule has 0 saturated heterocycles. The highest BCUT2D eigenvalue weighted by molar-refractivity contribution is 5.69. The zero-order chi connectivity index (χ0) is 13.6. The van der Waals surface area contributed by atoms with Crippen LogP contribution >= 0.6 is 0 Å². The Morgan fingerprint density at radius 3 is 2.22 bits per heavy atom. The molecule has 0 aliphatic rings. The Bertz CT molecular complexity index is 192. The molecule has 0 heterocycles. The van der Waals surface area contributed by atoms with E-state index in [-0.39, 0.29) is 12.1 Å². The SMILES string of the molecule is CCCCCCCCCC(O)CCC(=O)OCC. The molecule has 0 aliphatic carbocycles. The largest absolute Gasteiger partial charge is 0.466 e. The summed E-state index contributed by atoms with van der Waals surface area (Å²) in [4.78, 5) is 11.1. The summed E-state index contributed by atoms with van der Waals surface area (Å²) in [7, 11) is 0. The number of rotatable bonds is 12. The van der Waals surface area contributed by atoms with Gasteiger partial charge in [-0.2, -0.15) is 0 Å². The fourth-order valence-electron chi connectivity index (χ4n) is 2.00. The molecule has 3 nitrogen and oxygen atoms in total. The van der Waals surface area contributed by atoms with Crippen LogP contribution in [0.1, 0.15) is 78.1 Å². The zero-order valence-corrected chi connectivity index (χ0v) is 12.1. The molecule has 0 rings (SSSR count). The van der Waals surface area contributed by atoms with Gasteiger partial charge in [-0.1, -0.05) is 51.9 Å². The van der Waals surface area contributed by atoms with Crippen molar-refractivity contribution in [2.24, 2.45) is 0 Å². The van der Waals surface area contributed by atoms with Gasteiger partial charge in [0, 0.05) is 6.42 Å². The van der Waals surface area contributed by atoms with Crippen molar-refractivity contribution < 1.29 is 14.6 Å². The van der Waals surface area contributed by atoms with Crippen LogP contribution < -0.4 is 0 Å². The highest BCUT2D eigenvalue weighted by atomic mass is 16.5. The standard InChI is InChI=1S/C15H30O3/c1-3-5-6-7-8-9-10-11-14(16)12-13-15(17)18-4-2/h14,16H,3-13H2,1-2H3. The fraction of sp³-hybridized carbons (Fsp3) is 0.933. The van der Waals surface area contributed by atoms with Gasteiger partial charge in [0.2, 0.25) is 0 Å². The smallest absolute Gasteiger partial charge is 0.305 e. The first kappa shape index (κ1) is 17.4. The number of aliphatic hydroxyl groups excluding tert-OH is 1. The molecule has 0 saturated carbocycles.